The number of benzene rings is 2. The zero-order chi connectivity index (χ0) is 19.8. The van der Waals surface area contributed by atoms with E-state index in [2.05, 4.69) is 18.7 Å². The van der Waals surface area contributed by atoms with Crippen LogP contribution in [0.3, 0.4) is 0 Å². The van der Waals surface area contributed by atoms with Crippen molar-refractivity contribution in [2.45, 2.75) is 71.7 Å². The second kappa shape index (κ2) is 8.30. The predicted octanol–water partition coefficient (Wildman–Crippen LogP) is 5.86. The van der Waals surface area contributed by atoms with Gasteiger partial charge in [0.15, 0.2) is 11.5 Å². The molecule has 0 amide bonds. The van der Waals surface area contributed by atoms with E-state index < -0.39 is 0 Å². The molecule has 0 atom stereocenters. The molecule has 0 saturated heterocycles. The first kappa shape index (κ1) is 22.5. The standard InChI is InChI=1S/C23H30FNO2.ClH/c1-22(2,3)27-21-13-16(9-10-20(21)26)11-12-23(4,5)25-14-17-7-6-8-19(24)18(17)15-25;/h6-10,13,26H,11-12,14-15H2,1-5H3;1H. The average molecular weight is 408 g/mol. The van der Waals surface area contributed by atoms with Gasteiger partial charge < -0.3 is 9.84 Å². The van der Waals surface area contributed by atoms with Crippen LogP contribution in [-0.4, -0.2) is 21.1 Å². The van der Waals surface area contributed by atoms with Crippen LogP contribution in [0, 0.1) is 5.82 Å². The highest BCUT2D eigenvalue weighted by atomic mass is 35.5. The highest BCUT2D eigenvalue weighted by Crippen LogP contribution is 2.35. The van der Waals surface area contributed by atoms with Crippen LogP contribution in [0.25, 0.3) is 0 Å². The molecule has 0 saturated carbocycles. The first-order chi connectivity index (χ1) is 12.5. The van der Waals surface area contributed by atoms with Gasteiger partial charge in [-0.2, -0.15) is 0 Å². The van der Waals surface area contributed by atoms with Crippen molar-refractivity contribution in [3.8, 4) is 11.5 Å². The van der Waals surface area contributed by atoms with Crippen LogP contribution in [0.5, 0.6) is 11.5 Å². The van der Waals surface area contributed by atoms with E-state index in [0.29, 0.717) is 12.3 Å². The Hall–Kier alpha value is -1.78. The molecule has 0 bridgehead atoms. The Morgan fingerprint density at radius 2 is 1.79 bits per heavy atom. The monoisotopic (exact) mass is 407 g/mol. The van der Waals surface area contributed by atoms with E-state index in [9.17, 15) is 9.50 Å². The summed E-state index contributed by atoms with van der Waals surface area (Å²) in [7, 11) is 0. The molecule has 0 radical (unpaired) electrons. The van der Waals surface area contributed by atoms with Crippen LogP contribution < -0.4 is 4.74 Å². The van der Waals surface area contributed by atoms with Gasteiger partial charge in [0.2, 0.25) is 0 Å². The molecule has 1 aliphatic heterocycles. The van der Waals surface area contributed by atoms with E-state index in [-0.39, 0.29) is 35.1 Å². The summed E-state index contributed by atoms with van der Waals surface area (Å²) in [5, 5.41) is 10.1. The number of hydrogen-bond donors (Lipinski definition) is 1. The molecule has 1 N–H and O–H groups in total. The normalized spacial score (nSPS) is 14.5. The molecule has 1 heterocycles. The number of nitrogens with zero attached hydrogens (tertiary/aromatic N) is 1. The smallest absolute Gasteiger partial charge is 0.161 e. The van der Waals surface area contributed by atoms with Gasteiger partial charge in [0.05, 0.1) is 0 Å². The Morgan fingerprint density at radius 3 is 2.43 bits per heavy atom. The van der Waals surface area contributed by atoms with E-state index >= 15 is 0 Å². The molecule has 0 aliphatic carbocycles. The molecular formula is C23H31ClFNO2. The van der Waals surface area contributed by atoms with Gasteiger partial charge in [0, 0.05) is 24.2 Å². The highest BCUT2D eigenvalue weighted by molar-refractivity contribution is 5.85. The molecule has 2 aromatic carbocycles. The fraction of sp³-hybridized carbons (Fsp3) is 0.478. The SMILES string of the molecule is CC(C)(C)Oc1cc(CCC(C)(C)N2Cc3cccc(F)c3C2)ccc1O.Cl. The number of aryl methyl sites for hydroxylation is 1. The van der Waals surface area contributed by atoms with Crippen molar-refractivity contribution in [2.24, 2.45) is 0 Å². The minimum Gasteiger partial charge on any atom is -0.504 e. The summed E-state index contributed by atoms with van der Waals surface area (Å²) >= 11 is 0. The maximum absolute atomic E-state index is 14.1. The Bertz CT molecular complexity index is 830. The number of phenols is 1. The Morgan fingerprint density at radius 1 is 1.07 bits per heavy atom. The number of rotatable bonds is 5. The van der Waals surface area contributed by atoms with Crippen molar-refractivity contribution in [1.29, 1.82) is 0 Å². The van der Waals surface area contributed by atoms with E-state index in [4.69, 9.17) is 4.74 Å². The molecule has 5 heteroatoms. The molecule has 0 fully saturated rings. The van der Waals surface area contributed by atoms with Gasteiger partial charge in [0.25, 0.3) is 0 Å². The fourth-order valence-electron chi connectivity index (χ4n) is 3.54. The number of ether oxygens (including phenoxy) is 1. The second-order valence-electron chi connectivity index (χ2n) is 9.06. The van der Waals surface area contributed by atoms with Gasteiger partial charge >= 0.3 is 0 Å². The van der Waals surface area contributed by atoms with Crippen molar-refractivity contribution in [2.75, 3.05) is 0 Å². The van der Waals surface area contributed by atoms with Crippen molar-refractivity contribution in [1.82, 2.24) is 4.90 Å². The summed E-state index contributed by atoms with van der Waals surface area (Å²) < 4.78 is 19.9. The number of phenolic OH excluding ortho intramolecular Hbond substituents is 1. The van der Waals surface area contributed by atoms with Gasteiger partial charge in [0.1, 0.15) is 11.4 Å². The number of hydrogen-bond acceptors (Lipinski definition) is 3. The first-order valence-corrected chi connectivity index (χ1v) is 9.57. The molecule has 3 nitrogen and oxygen atoms in total. The van der Waals surface area contributed by atoms with E-state index in [1.165, 1.54) is 0 Å². The lowest BCUT2D eigenvalue weighted by Crippen LogP contribution is -2.40. The largest absolute Gasteiger partial charge is 0.504 e. The lowest BCUT2D eigenvalue weighted by molar-refractivity contribution is 0.108. The first-order valence-electron chi connectivity index (χ1n) is 9.57. The fourth-order valence-corrected chi connectivity index (χ4v) is 3.54. The zero-order valence-electron chi connectivity index (χ0n) is 17.4. The van der Waals surface area contributed by atoms with Crippen LogP contribution in [0.4, 0.5) is 4.39 Å². The van der Waals surface area contributed by atoms with E-state index in [0.717, 1.165) is 36.1 Å². The molecule has 0 spiro atoms. The van der Waals surface area contributed by atoms with Gasteiger partial charge in [-0.15, -0.1) is 12.4 Å². The number of fused-ring (bicyclic) bond motifs is 1. The van der Waals surface area contributed by atoms with Gasteiger partial charge in [-0.05, 0) is 76.8 Å². The number of halogens is 2. The Balaban J connectivity index is 0.00000280. The van der Waals surface area contributed by atoms with E-state index in [1.54, 1.807) is 18.2 Å². The maximum atomic E-state index is 14.1. The van der Waals surface area contributed by atoms with Crippen molar-refractivity contribution < 1.29 is 14.2 Å². The zero-order valence-corrected chi connectivity index (χ0v) is 18.2. The van der Waals surface area contributed by atoms with Gasteiger partial charge in [-0.25, -0.2) is 4.39 Å². The summed E-state index contributed by atoms with van der Waals surface area (Å²) in [6, 6.07) is 10.9. The van der Waals surface area contributed by atoms with Crippen LogP contribution >= 0.6 is 12.4 Å². The van der Waals surface area contributed by atoms with Gasteiger partial charge in [-0.3, -0.25) is 4.90 Å². The summed E-state index contributed by atoms with van der Waals surface area (Å²) in [5.41, 5.74) is 2.63. The second-order valence-corrected chi connectivity index (χ2v) is 9.06. The van der Waals surface area contributed by atoms with Crippen molar-refractivity contribution >= 4 is 12.4 Å². The third kappa shape index (κ3) is 5.18. The molecule has 2 aromatic rings. The summed E-state index contributed by atoms with van der Waals surface area (Å²) in [6.45, 7) is 11.8. The van der Waals surface area contributed by atoms with Crippen LogP contribution in [0.2, 0.25) is 0 Å². The molecule has 28 heavy (non-hydrogen) atoms. The van der Waals surface area contributed by atoms with Crippen molar-refractivity contribution in [3.63, 3.8) is 0 Å². The van der Waals surface area contributed by atoms with E-state index in [1.807, 2.05) is 39.0 Å². The summed E-state index contributed by atoms with van der Waals surface area (Å²) in [6.07, 6.45) is 1.80. The lowest BCUT2D eigenvalue weighted by Gasteiger charge is -2.35. The lowest BCUT2D eigenvalue weighted by atomic mass is 9.93. The Kier molecular flexibility index (Phi) is 6.67. The topological polar surface area (TPSA) is 32.7 Å². The van der Waals surface area contributed by atoms with Gasteiger partial charge in [-0.1, -0.05) is 18.2 Å². The summed E-state index contributed by atoms with van der Waals surface area (Å²) in [5.74, 6) is 0.583. The van der Waals surface area contributed by atoms with Crippen LogP contribution in [-0.2, 0) is 19.5 Å². The van der Waals surface area contributed by atoms with Crippen LogP contribution in [0.15, 0.2) is 36.4 Å². The molecule has 0 aromatic heterocycles. The minimum absolute atomic E-state index is 0. The molecule has 1 aliphatic rings. The highest BCUT2D eigenvalue weighted by Gasteiger charge is 2.32. The Labute approximate surface area is 173 Å². The minimum atomic E-state index is -0.360. The third-order valence-electron chi connectivity index (χ3n) is 5.25. The predicted molar refractivity (Wildman–Crippen MR) is 114 cm³/mol. The average Bonchev–Trinajstić information content (AvgIpc) is 3.01. The van der Waals surface area contributed by atoms with Crippen molar-refractivity contribution in [3.05, 3.63) is 58.9 Å². The van der Waals surface area contributed by atoms with Crippen LogP contribution in [0.1, 0.15) is 57.7 Å². The summed E-state index contributed by atoms with van der Waals surface area (Å²) in [4.78, 5) is 2.34. The third-order valence-corrected chi connectivity index (χ3v) is 5.25. The molecule has 3 rings (SSSR count). The molecule has 0 unspecified atom stereocenters. The maximum Gasteiger partial charge on any atom is 0.161 e. The quantitative estimate of drug-likeness (QED) is 0.674. The molecule has 154 valence electrons. The number of aromatic hydroxyl groups is 1. The molecular weight excluding hydrogens is 377 g/mol.